The van der Waals surface area contributed by atoms with Gasteiger partial charge >= 0.3 is 0 Å². The van der Waals surface area contributed by atoms with Crippen molar-refractivity contribution in [1.82, 2.24) is 20.2 Å². The number of carbonyl (C=O) groups excluding carboxylic acids is 1. The van der Waals surface area contributed by atoms with Crippen molar-refractivity contribution in [3.05, 3.63) is 29.0 Å². The predicted molar refractivity (Wildman–Crippen MR) is 96.5 cm³/mol. The van der Waals surface area contributed by atoms with Crippen molar-refractivity contribution >= 4 is 35.6 Å². The van der Waals surface area contributed by atoms with E-state index in [0.717, 1.165) is 18.7 Å². The molecule has 1 aromatic heterocycles. The maximum absolute atomic E-state index is 12.1. The number of ether oxygens (including phenoxy) is 1. The number of nitrogens with zero attached hydrogens (tertiary/aromatic N) is 4. The van der Waals surface area contributed by atoms with Crippen molar-refractivity contribution < 1.29 is 9.53 Å². The number of nitrogens with two attached hydrogens (primary N) is 1. The van der Waals surface area contributed by atoms with Crippen LogP contribution >= 0.6 is 24.0 Å². The van der Waals surface area contributed by atoms with E-state index in [1.165, 1.54) is 7.11 Å². The summed E-state index contributed by atoms with van der Waals surface area (Å²) in [6.07, 6.45) is 2.03. The molecule has 1 unspecified atom stereocenters. The standard InChI is InChI=1S/C15H19ClN6O2.ClH/c1-24-11(8-17)7-14(23)18-10-4-5-12(16)13(6-10)22-15(9-2-3-9)19-20-21-22;/h4-6,9,11H,2-3,7-8,17H2,1H3,(H,18,23);1H. The van der Waals surface area contributed by atoms with E-state index in [0.29, 0.717) is 22.3 Å². The zero-order valence-electron chi connectivity index (χ0n) is 13.7. The first-order valence-corrected chi connectivity index (χ1v) is 8.11. The van der Waals surface area contributed by atoms with Crippen molar-refractivity contribution in [3.8, 4) is 5.69 Å². The van der Waals surface area contributed by atoms with E-state index >= 15 is 0 Å². The summed E-state index contributed by atoms with van der Waals surface area (Å²) < 4.78 is 6.75. The third kappa shape index (κ3) is 4.66. The summed E-state index contributed by atoms with van der Waals surface area (Å²) in [5.74, 6) is 0.990. The Kier molecular flexibility index (Phi) is 6.71. The van der Waals surface area contributed by atoms with Gasteiger partial charge < -0.3 is 15.8 Å². The quantitative estimate of drug-likeness (QED) is 0.752. The molecule has 0 saturated heterocycles. The number of hydrogen-bond donors (Lipinski definition) is 2. The molecule has 1 aliphatic rings. The van der Waals surface area contributed by atoms with Gasteiger partial charge in [0.25, 0.3) is 0 Å². The topological polar surface area (TPSA) is 108 Å². The molecule has 2 aromatic rings. The SMILES string of the molecule is COC(CN)CC(=O)Nc1ccc(Cl)c(-n2nnnc2C2CC2)c1.Cl. The molecule has 3 N–H and O–H groups in total. The van der Waals surface area contributed by atoms with Crippen LogP contribution in [0.5, 0.6) is 0 Å². The molecule has 1 heterocycles. The molecule has 1 saturated carbocycles. The highest BCUT2D eigenvalue weighted by Crippen LogP contribution is 2.39. The first-order valence-electron chi connectivity index (χ1n) is 7.73. The maximum Gasteiger partial charge on any atom is 0.227 e. The summed E-state index contributed by atoms with van der Waals surface area (Å²) >= 11 is 6.28. The largest absolute Gasteiger partial charge is 0.380 e. The third-order valence-corrected chi connectivity index (χ3v) is 4.22. The molecule has 1 amide bonds. The van der Waals surface area contributed by atoms with Crippen LogP contribution in [0.3, 0.4) is 0 Å². The molecule has 0 radical (unpaired) electrons. The maximum atomic E-state index is 12.1. The Labute approximate surface area is 156 Å². The normalized spacial score (nSPS) is 14.7. The Morgan fingerprint density at radius 3 is 2.92 bits per heavy atom. The van der Waals surface area contributed by atoms with Crippen LogP contribution in [0.4, 0.5) is 5.69 Å². The van der Waals surface area contributed by atoms with E-state index in [-0.39, 0.29) is 37.4 Å². The number of halogens is 2. The first kappa shape index (κ1) is 19.6. The Bertz CT molecular complexity index is 731. The molecular formula is C15H20Cl2N6O2. The van der Waals surface area contributed by atoms with Gasteiger partial charge in [0.05, 0.1) is 23.2 Å². The Balaban J connectivity index is 0.00000225. The van der Waals surface area contributed by atoms with Crippen LogP contribution in [0.15, 0.2) is 18.2 Å². The number of rotatable bonds is 7. The van der Waals surface area contributed by atoms with Crippen molar-refractivity contribution in [2.75, 3.05) is 19.0 Å². The van der Waals surface area contributed by atoms with Gasteiger partial charge in [-0.2, -0.15) is 4.68 Å². The minimum absolute atomic E-state index is 0. The summed E-state index contributed by atoms with van der Waals surface area (Å²) in [6, 6.07) is 5.20. The highest BCUT2D eigenvalue weighted by molar-refractivity contribution is 6.32. The van der Waals surface area contributed by atoms with E-state index in [2.05, 4.69) is 20.8 Å². The minimum Gasteiger partial charge on any atom is -0.380 e. The van der Waals surface area contributed by atoms with E-state index in [1.54, 1.807) is 22.9 Å². The molecule has 1 atom stereocenters. The van der Waals surface area contributed by atoms with Crippen LogP contribution < -0.4 is 11.1 Å². The highest BCUT2D eigenvalue weighted by Gasteiger charge is 2.30. The molecule has 8 nitrogen and oxygen atoms in total. The highest BCUT2D eigenvalue weighted by atomic mass is 35.5. The zero-order chi connectivity index (χ0) is 17.1. The number of tetrazole rings is 1. The van der Waals surface area contributed by atoms with Gasteiger partial charge in [0.15, 0.2) is 5.82 Å². The second-order valence-electron chi connectivity index (χ2n) is 5.74. The van der Waals surface area contributed by atoms with Crippen molar-refractivity contribution in [2.24, 2.45) is 5.73 Å². The van der Waals surface area contributed by atoms with Crippen LogP contribution in [0, 0.1) is 0 Å². The number of methoxy groups -OCH3 is 1. The van der Waals surface area contributed by atoms with Gasteiger partial charge in [0.2, 0.25) is 5.91 Å². The van der Waals surface area contributed by atoms with Crippen molar-refractivity contribution in [2.45, 2.75) is 31.3 Å². The van der Waals surface area contributed by atoms with Gasteiger partial charge in [-0.15, -0.1) is 17.5 Å². The predicted octanol–water partition coefficient (Wildman–Crippen LogP) is 1.92. The average Bonchev–Trinajstić information content (AvgIpc) is 3.31. The Morgan fingerprint density at radius 1 is 1.52 bits per heavy atom. The first-order chi connectivity index (χ1) is 11.6. The zero-order valence-corrected chi connectivity index (χ0v) is 15.3. The molecule has 0 bridgehead atoms. The number of anilines is 1. The van der Waals surface area contributed by atoms with E-state index in [1.807, 2.05) is 0 Å². The molecule has 3 rings (SSSR count). The Hall–Kier alpha value is -1.74. The fraction of sp³-hybridized carbons (Fsp3) is 0.467. The van der Waals surface area contributed by atoms with Gasteiger partial charge in [-0.25, -0.2) is 0 Å². The van der Waals surface area contributed by atoms with Gasteiger partial charge in [0, 0.05) is 25.3 Å². The number of benzene rings is 1. The molecule has 0 aliphatic heterocycles. The number of nitrogens with one attached hydrogen (secondary N) is 1. The van der Waals surface area contributed by atoms with E-state index in [4.69, 9.17) is 22.1 Å². The fourth-order valence-corrected chi connectivity index (χ4v) is 2.59. The van der Waals surface area contributed by atoms with E-state index in [9.17, 15) is 4.79 Å². The summed E-state index contributed by atoms with van der Waals surface area (Å²) in [5.41, 5.74) is 6.79. The van der Waals surface area contributed by atoms with Gasteiger partial charge in [-0.1, -0.05) is 11.6 Å². The fourth-order valence-electron chi connectivity index (χ4n) is 2.40. The molecule has 0 spiro atoms. The lowest BCUT2D eigenvalue weighted by atomic mass is 10.2. The molecule has 1 aliphatic carbocycles. The van der Waals surface area contributed by atoms with Gasteiger partial charge in [0.1, 0.15) is 0 Å². The number of carbonyl (C=O) groups is 1. The lowest BCUT2D eigenvalue weighted by Crippen LogP contribution is -2.28. The lowest BCUT2D eigenvalue weighted by Gasteiger charge is -2.13. The molecular weight excluding hydrogens is 367 g/mol. The molecule has 1 aromatic carbocycles. The second kappa shape index (κ2) is 8.57. The average molecular weight is 387 g/mol. The number of aromatic nitrogens is 4. The van der Waals surface area contributed by atoms with Gasteiger partial charge in [-0.05, 0) is 41.5 Å². The van der Waals surface area contributed by atoms with Crippen LogP contribution in [-0.4, -0.2) is 45.9 Å². The summed E-state index contributed by atoms with van der Waals surface area (Å²) in [4.78, 5) is 12.1. The molecule has 25 heavy (non-hydrogen) atoms. The van der Waals surface area contributed by atoms with Gasteiger partial charge in [-0.3, -0.25) is 4.79 Å². The van der Waals surface area contributed by atoms with E-state index < -0.39 is 0 Å². The monoisotopic (exact) mass is 386 g/mol. The molecule has 136 valence electrons. The van der Waals surface area contributed by atoms with Crippen LogP contribution in [0.2, 0.25) is 5.02 Å². The number of amides is 1. The number of hydrogen-bond acceptors (Lipinski definition) is 6. The summed E-state index contributed by atoms with van der Waals surface area (Å²) in [5, 5.41) is 15.2. The van der Waals surface area contributed by atoms with Crippen LogP contribution in [0.1, 0.15) is 31.0 Å². The summed E-state index contributed by atoms with van der Waals surface area (Å²) in [6.45, 7) is 0.283. The third-order valence-electron chi connectivity index (χ3n) is 3.90. The van der Waals surface area contributed by atoms with Crippen molar-refractivity contribution in [1.29, 1.82) is 0 Å². The smallest absolute Gasteiger partial charge is 0.227 e. The van der Waals surface area contributed by atoms with Crippen LogP contribution in [-0.2, 0) is 9.53 Å². The summed E-state index contributed by atoms with van der Waals surface area (Å²) in [7, 11) is 1.53. The molecule has 1 fully saturated rings. The lowest BCUT2D eigenvalue weighted by molar-refractivity contribution is -0.118. The molecule has 10 heteroatoms. The Morgan fingerprint density at radius 2 is 2.28 bits per heavy atom. The second-order valence-corrected chi connectivity index (χ2v) is 6.14. The van der Waals surface area contributed by atoms with Crippen molar-refractivity contribution in [3.63, 3.8) is 0 Å². The van der Waals surface area contributed by atoms with Crippen LogP contribution in [0.25, 0.3) is 5.69 Å². The minimum atomic E-state index is -0.308.